The summed E-state index contributed by atoms with van der Waals surface area (Å²) in [5, 5.41) is 2.98. The van der Waals surface area contributed by atoms with E-state index in [1.54, 1.807) is 0 Å². The second kappa shape index (κ2) is 6.77. The van der Waals surface area contributed by atoms with Gasteiger partial charge in [-0.25, -0.2) is 9.69 Å². The van der Waals surface area contributed by atoms with Gasteiger partial charge in [0.05, 0.1) is 6.67 Å². The Labute approximate surface area is 152 Å². The van der Waals surface area contributed by atoms with Gasteiger partial charge in [-0.3, -0.25) is 9.69 Å². The lowest BCUT2D eigenvalue weighted by atomic mass is 9.83. The number of benzene rings is 2. The van der Waals surface area contributed by atoms with E-state index in [1.807, 2.05) is 60.7 Å². The molecule has 5 heteroatoms. The molecule has 0 bridgehead atoms. The van der Waals surface area contributed by atoms with E-state index >= 15 is 0 Å². The fraction of sp³-hybridized carbons (Fsp3) is 0.238. The van der Waals surface area contributed by atoms with E-state index in [0.29, 0.717) is 6.67 Å². The number of carbonyl (C=O) groups is 2. The van der Waals surface area contributed by atoms with Crippen LogP contribution >= 0.6 is 0 Å². The summed E-state index contributed by atoms with van der Waals surface area (Å²) in [5.74, 6) is -0.227. The lowest BCUT2D eigenvalue weighted by Gasteiger charge is -2.30. The molecule has 2 aliphatic heterocycles. The first kappa shape index (κ1) is 16.5. The molecule has 0 saturated carbocycles. The first-order chi connectivity index (χ1) is 12.7. The number of amides is 3. The quantitative estimate of drug-likeness (QED) is 0.683. The Morgan fingerprint density at radius 2 is 1.50 bits per heavy atom. The molecule has 2 aromatic rings. The van der Waals surface area contributed by atoms with E-state index in [1.165, 1.54) is 4.90 Å². The van der Waals surface area contributed by atoms with Crippen LogP contribution in [0.3, 0.4) is 0 Å². The van der Waals surface area contributed by atoms with E-state index < -0.39 is 5.54 Å². The van der Waals surface area contributed by atoms with Crippen molar-refractivity contribution in [2.24, 2.45) is 0 Å². The fourth-order valence-electron chi connectivity index (χ4n) is 3.66. The van der Waals surface area contributed by atoms with E-state index in [4.69, 9.17) is 0 Å². The predicted molar refractivity (Wildman–Crippen MR) is 99.2 cm³/mol. The molecule has 3 amide bonds. The molecule has 2 aromatic carbocycles. The SMILES string of the molecule is O=C1NC(c2ccccc2)(c2ccccc2)C(=O)N1CN1CC=CCC1. The minimum atomic E-state index is -1.18. The van der Waals surface area contributed by atoms with Crippen molar-refractivity contribution in [1.82, 2.24) is 15.1 Å². The summed E-state index contributed by atoms with van der Waals surface area (Å²) >= 11 is 0. The molecule has 0 spiro atoms. The number of hydrogen-bond acceptors (Lipinski definition) is 3. The highest BCUT2D eigenvalue weighted by atomic mass is 16.2. The van der Waals surface area contributed by atoms with Crippen LogP contribution in [0.4, 0.5) is 4.79 Å². The normalized spacial score (nSPS) is 19.6. The number of imide groups is 1. The highest BCUT2D eigenvalue weighted by Crippen LogP contribution is 2.36. The summed E-state index contributed by atoms with van der Waals surface area (Å²) in [6.45, 7) is 1.90. The molecule has 0 atom stereocenters. The molecule has 0 unspecified atom stereocenters. The van der Waals surface area contributed by atoms with Gasteiger partial charge in [0.1, 0.15) is 0 Å². The van der Waals surface area contributed by atoms with Gasteiger partial charge < -0.3 is 5.32 Å². The molecule has 1 saturated heterocycles. The monoisotopic (exact) mass is 347 g/mol. The van der Waals surface area contributed by atoms with Gasteiger partial charge in [-0.05, 0) is 17.5 Å². The molecule has 4 rings (SSSR count). The van der Waals surface area contributed by atoms with E-state index in [0.717, 1.165) is 30.6 Å². The summed E-state index contributed by atoms with van der Waals surface area (Å²) in [6.07, 6.45) is 5.14. The minimum absolute atomic E-state index is 0.227. The Bertz CT molecular complexity index is 793. The molecular formula is C21H21N3O2. The molecule has 1 N–H and O–H groups in total. The average molecular weight is 347 g/mol. The molecule has 1 fully saturated rings. The van der Waals surface area contributed by atoms with Gasteiger partial charge in [0.2, 0.25) is 0 Å². The van der Waals surface area contributed by atoms with Crippen molar-refractivity contribution < 1.29 is 9.59 Å². The van der Waals surface area contributed by atoms with Crippen molar-refractivity contribution in [3.8, 4) is 0 Å². The zero-order valence-electron chi connectivity index (χ0n) is 14.5. The third-order valence-corrected chi connectivity index (χ3v) is 5.00. The molecular weight excluding hydrogens is 326 g/mol. The molecule has 132 valence electrons. The average Bonchev–Trinajstić information content (AvgIpc) is 2.96. The van der Waals surface area contributed by atoms with Crippen LogP contribution in [0.25, 0.3) is 0 Å². The van der Waals surface area contributed by atoms with Gasteiger partial charge in [0, 0.05) is 13.1 Å². The summed E-state index contributed by atoms with van der Waals surface area (Å²) < 4.78 is 0. The molecule has 0 aromatic heterocycles. The van der Waals surface area contributed by atoms with Crippen molar-refractivity contribution in [3.05, 3.63) is 83.9 Å². The molecule has 2 aliphatic rings. The van der Waals surface area contributed by atoms with Crippen LogP contribution in [0.1, 0.15) is 17.5 Å². The highest BCUT2D eigenvalue weighted by Gasteiger charge is 2.53. The smallest absolute Gasteiger partial charge is 0.315 e. The van der Waals surface area contributed by atoms with Crippen LogP contribution in [0.15, 0.2) is 72.8 Å². The number of carbonyl (C=O) groups excluding carboxylic acids is 2. The molecule has 0 aliphatic carbocycles. The highest BCUT2D eigenvalue weighted by molar-refractivity contribution is 6.09. The van der Waals surface area contributed by atoms with Crippen LogP contribution in [0.2, 0.25) is 0 Å². The summed E-state index contributed by atoms with van der Waals surface area (Å²) in [7, 11) is 0. The van der Waals surface area contributed by atoms with Crippen molar-refractivity contribution in [3.63, 3.8) is 0 Å². The third-order valence-electron chi connectivity index (χ3n) is 5.00. The van der Waals surface area contributed by atoms with Gasteiger partial charge >= 0.3 is 6.03 Å². The van der Waals surface area contributed by atoms with Crippen LogP contribution in [-0.4, -0.2) is 41.5 Å². The summed E-state index contributed by atoms with van der Waals surface area (Å²) in [5.41, 5.74) is 0.363. The first-order valence-electron chi connectivity index (χ1n) is 8.84. The Kier molecular flexibility index (Phi) is 4.31. The Morgan fingerprint density at radius 3 is 2.04 bits per heavy atom. The topological polar surface area (TPSA) is 52.7 Å². The van der Waals surface area contributed by atoms with E-state index in [2.05, 4.69) is 22.4 Å². The third kappa shape index (κ3) is 2.70. The fourth-order valence-corrected chi connectivity index (χ4v) is 3.66. The second-order valence-electron chi connectivity index (χ2n) is 6.62. The van der Waals surface area contributed by atoms with Crippen molar-refractivity contribution in [2.45, 2.75) is 12.0 Å². The van der Waals surface area contributed by atoms with Crippen molar-refractivity contribution in [1.29, 1.82) is 0 Å². The van der Waals surface area contributed by atoms with Gasteiger partial charge in [-0.1, -0.05) is 72.8 Å². The lowest BCUT2D eigenvalue weighted by Crippen LogP contribution is -2.46. The number of nitrogens with one attached hydrogen (secondary N) is 1. The molecule has 26 heavy (non-hydrogen) atoms. The van der Waals surface area contributed by atoms with Crippen LogP contribution in [0, 0.1) is 0 Å². The Morgan fingerprint density at radius 1 is 0.885 bits per heavy atom. The summed E-state index contributed by atoms with van der Waals surface area (Å²) in [4.78, 5) is 29.7. The molecule has 5 nitrogen and oxygen atoms in total. The predicted octanol–water partition coefficient (Wildman–Crippen LogP) is 2.70. The minimum Gasteiger partial charge on any atom is -0.315 e. The standard InChI is InChI=1S/C21H21N3O2/c25-19-21(17-10-4-1-5-11-17,18-12-6-2-7-13-18)22-20(26)24(19)16-23-14-8-3-9-15-23/h1-8,10-13H,9,14-16H2,(H,22,26). The number of nitrogens with zero attached hydrogens (tertiary/aromatic N) is 2. The zero-order chi connectivity index (χ0) is 18.0. The molecule has 0 radical (unpaired) electrons. The maximum atomic E-state index is 13.5. The van der Waals surface area contributed by atoms with Crippen molar-refractivity contribution in [2.75, 3.05) is 19.8 Å². The van der Waals surface area contributed by atoms with E-state index in [-0.39, 0.29) is 11.9 Å². The lowest BCUT2D eigenvalue weighted by molar-refractivity contribution is -0.131. The maximum Gasteiger partial charge on any atom is 0.326 e. The van der Waals surface area contributed by atoms with Crippen LogP contribution in [0.5, 0.6) is 0 Å². The van der Waals surface area contributed by atoms with Gasteiger partial charge in [0.15, 0.2) is 5.54 Å². The van der Waals surface area contributed by atoms with Gasteiger partial charge in [0.25, 0.3) is 5.91 Å². The zero-order valence-corrected chi connectivity index (χ0v) is 14.5. The van der Waals surface area contributed by atoms with Crippen LogP contribution < -0.4 is 5.32 Å². The largest absolute Gasteiger partial charge is 0.326 e. The van der Waals surface area contributed by atoms with Gasteiger partial charge in [-0.15, -0.1) is 0 Å². The maximum absolute atomic E-state index is 13.5. The van der Waals surface area contributed by atoms with Gasteiger partial charge in [-0.2, -0.15) is 0 Å². The number of rotatable bonds is 4. The Hall–Kier alpha value is -2.92. The summed E-state index contributed by atoms with van der Waals surface area (Å²) in [6, 6.07) is 18.6. The van der Waals surface area contributed by atoms with Crippen molar-refractivity contribution >= 4 is 11.9 Å². The number of hydrogen-bond donors (Lipinski definition) is 1. The molecule has 2 heterocycles. The van der Waals surface area contributed by atoms with E-state index in [9.17, 15) is 9.59 Å². The second-order valence-corrected chi connectivity index (χ2v) is 6.62. The Balaban J connectivity index is 1.74. The van der Waals surface area contributed by atoms with Crippen LogP contribution in [-0.2, 0) is 10.3 Å². The first-order valence-corrected chi connectivity index (χ1v) is 8.84. The number of urea groups is 1.